The molecule has 6 N–H and O–H groups in total. The highest BCUT2D eigenvalue weighted by Gasteiger charge is 2.14. The fourth-order valence-corrected chi connectivity index (χ4v) is 2.89. The molecule has 4 rings (SSSR count). The third-order valence-corrected chi connectivity index (χ3v) is 4.20. The van der Waals surface area contributed by atoms with Gasteiger partial charge in [0.1, 0.15) is 0 Å². The van der Waals surface area contributed by atoms with E-state index in [1.807, 2.05) is 24.3 Å². The minimum Gasteiger partial charge on any atom is -0.472 e. The van der Waals surface area contributed by atoms with Gasteiger partial charge in [0, 0.05) is 40.0 Å². The van der Waals surface area contributed by atoms with Gasteiger partial charge in [0.05, 0.1) is 12.5 Å². The predicted octanol–water partition coefficient (Wildman–Crippen LogP) is 1.87. The fourth-order valence-electron chi connectivity index (χ4n) is 2.89. The molecule has 0 unspecified atom stereocenters. The van der Waals surface area contributed by atoms with Crippen LogP contribution in [-0.2, 0) is 0 Å². The zero-order chi connectivity index (χ0) is 18.3. The molecule has 3 heterocycles. The Morgan fingerprint density at radius 1 is 1.08 bits per heavy atom. The van der Waals surface area contributed by atoms with Gasteiger partial charge >= 0.3 is 0 Å². The van der Waals surface area contributed by atoms with Crippen LogP contribution < -0.4 is 17.5 Å². The SMILES string of the molecule is NN(N)C(=O)c1ccc(-c2cn(N)c3ncc(-c4ccoc4)cc23)cc1. The molecule has 8 heteroatoms. The van der Waals surface area contributed by atoms with Gasteiger partial charge in [-0.05, 0) is 29.8 Å². The summed E-state index contributed by atoms with van der Waals surface area (Å²) in [5.41, 5.74) is 4.70. The lowest BCUT2D eigenvalue weighted by Crippen LogP contribution is -2.43. The molecule has 0 aliphatic heterocycles. The van der Waals surface area contributed by atoms with Crippen molar-refractivity contribution in [1.82, 2.24) is 14.8 Å². The average molecular weight is 348 g/mol. The molecule has 0 radical (unpaired) electrons. The van der Waals surface area contributed by atoms with Crippen LogP contribution in [0.25, 0.3) is 33.3 Å². The smallest absolute Gasteiger partial charge is 0.282 e. The number of hydrogen-bond donors (Lipinski definition) is 3. The molecule has 8 nitrogen and oxygen atoms in total. The number of hydrogen-bond acceptors (Lipinski definition) is 6. The zero-order valence-corrected chi connectivity index (χ0v) is 13.7. The maximum Gasteiger partial charge on any atom is 0.282 e. The van der Waals surface area contributed by atoms with Crippen molar-refractivity contribution in [3.63, 3.8) is 0 Å². The summed E-state index contributed by atoms with van der Waals surface area (Å²) in [6, 6.07) is 10.8. The maximum atomic E-state index is 11.8. The molecule has 26 heavy (non-hydrogen) atoms. The highest BCUT2D eigenvalue weighted by molar-refractivity contribution is 5.98. The van der Waals surface area contributed by atoms with Crippen molar-refractivity contribution in [3.05, 3.63) is 66.9 Å². The number of rotatable bonds is 3. The van der Waals surface area contributed by atoms with E-state index >= 15 is 0 Å². The van der Waals surface area contributed by atoms with Gasteiger partial charge in [-0.2, -0.15) is 0 Å². The van der Waals surface area contributed by atoms with Gasteiger partial charge in [-0.15, -0.1) is 0 Å². The first-order valence-electron chi connectivity index (χ1n) is 7.77. The Hall–Kier alpha value is -3.62. The number of aromatic nitrogens is 2. The molecule has 0 bridgehead atoms. The Labute approximate surface area is 148 Å². The molecule has 0 atom stereocenters. The van der Waals surface area contributed by atoms with Crippen LogP contribution in [0.1, 0.15) is 10.4 Å². The van der Waals surface area contributed by atoms with E-state index in [0.717, 1.165) is 27.6 Å². The molecule has 1 aromatic carbocycles. The molecule has 1 amide bonds. The zero-order valence-electron chi connectivity index (χ0n) is 13.7. The largest absolute Gasteiger partial charge is 0.472 e. The molecule has 0 aliphatic carbocycles. The van der Waals surface area contributed by atoms with Crippen molar-refractivity contribution in [2.75, 3.05) is 5.84 Å². The van der Waals surface area contributed by atoms with Crippen molar-refractivity contribution in [2.24, 2.45) is 11.7 Å². The number of nitrogen functional groups attached to an aromatic ring is 1. The summed E-state index contributed by atoms with van der Waals surface area (Å²) in [7, 11) is 0. The summed E-state index contributed by atoms with van der Waals surface area (Å²) in [6.45, 7) is 0. The monoisotopic (exact) mass is 348 g/mol. The number of pyridine rings is 1. The van der Waals surface area contributed by atoms with E-state index in [2.05, 4.69) is 4.98 Å². The number of carbonyl (C=O) groups is 1. The molecule has 0 spiro atoms. The second kappa shape index (κ2) is 6.03. The summed E-state index contributed by atoms with van der Waals surface area (Å²) in [4.78, 5) is 16.3. The van der Waals surface area contributed by atoms with Crippen molar-refractivity contribution < 1.29 is 9.21 Å². The van der Waals surface area contributed by atoms with Crippen LogP contribution in [0, 0.1) is 0 Å². The maximum absolute atomic E-state index is 11.8. The van der Waals surface area contributed by atoms with Crippen LogP contribution in [0.15, 0.2) is 65.7 Å². The number of fused-ring (bicyclic) bond motifs is 1. The van der Waals surface area contributed by atoms with Crippen molar-refractivity contribution in [2.45, 2.75) is 0 Å². The summed E-state index contributed by atoms with van der Waals surface area (Å²) < 4.78 is 6.62. The summed E-state index contributed by atoms with van der Waals surface area (Å²) in [6.07, 6.45) is 6.82. The molecule has 0 aliphatic rings. The van der Waals surface area contributed by atoms with E-state index in [0.29, 0.717) is 16.3 Å². The Morgan fingerprint density at radius 3 is 2.50 bits per heavy atom. The Morgan fingerprint density at radius 2 is 1.85 bits per heavy atom. The molecular formula is C18H16N6O2. The van der Waals surface area contributed by atoms with Gasteiger partial charge in [-0.25, -0.2) is 21.8 Å². The first kappa shape index (κ1) is 15.9. The van der Waals surface area contributed by atoms with E-state index in [4.69, 9.17) is 21.9 Å². The number of furan rings is 1. The van der Waals surface area contributed by atoms with Crippen LogP contribution >= 0.6 is 0 Å². The standard InChI is InChI=1S/C18H16N6O2/c19-23-9-16(11-1-3-12(4-2-11)18(25)24(20)21)15-7-14(8-22-17(15)23)13-5-6-26-10-13/h1-10H,19-21H2. The lowest BCUT2D eigenvalue weighted by atomic mass is 10.0. The molecule has 3 aromatic heterocycles. The Balaban J connectivity index is 1.81. The van der Waals surface area contributed by atoms with Gasteiger partial charge in [-0.3, -0.25) is 9.47 Å². The first-order chi connectivity index (χ1) is 12.5. The lowest BCUT2D eigenvalue weighted by Gasteiger charge is -2.09. The third-order valence-electron chi connectivity index (χ3n) is 4.20. The van der Waals surface area contributed by atoms with E-state index in [9.17, 15) is 4.79 Å². The van der Waals surface area contributed by atoms with Gasteiger partial charge in [0.2, 0.25) is 0 Å². The van der Waals surface area contributed by atoms with Crippen LogP contribution in [0.4, 0.5) is 0 Å². The van der Waals surface area contributed by atoms with Crippen LogP contribution in [0.2, 0.25) is 0 Å². The van der Waals surface area contributed by atoms with E-state index in [1.165, 1.54) is 4.68 Å². The van der Waals surface area contributed by atoms with Gasteiger partial charge in [-0.1, -0.05) is 12.1 Å². The van der Waals surface area contributed by atoms with Crippen LogP contribution in [0.5, 0.6) is 0 Å². The minimum absolute atomic E-state index is 0.396. The van der Waals surface area contributed by atoms with Gasteiger partial charge in [0.25, 0.3) is 5.91 Å². The average Bonchev–Trinajstić information content (AvgIpc) is 3.29. The highest BCUT2D eigenvalue weighted by Crippen LogP contribution is 2.32. The molecule has 4 aromatic rings. The number of hydrazine groups is 2. The topological polar surface area (TPSA) is 129 Å². The van der Waals surface area contributed by atoms with E-state index in [-0.39, 0.29) is 0 Å². The van der Waals surface area contributed by atoms with Gasteiger partial charge in [0.15, 0.2) is 5.65 Å². The van der Waals surface area contributed by atoms with Crippen LogP contribution in [0.3, 0.4) is 0 Å². The highest BCUT2D eigenvalue weighted by atomic mass is 16.3. The quantitative estimate of drug-likeness (QED) is 0.294. The van der Waals surface area contributed by atoms with Crippen molar-refractivity contribution >= 4 is 16.9 Å². The lowest BCUT2D eigenvalue weighted by molar-refractivity contribution is 0.0755. The number of nitrogens with zero attached hydrogens (tertiary/aromatic N) is 3. The third kappa shape index (κ3) is 2.59. The molecule has 0 saturated carbocycles. The summed E-state index contributed by atoms with van der Waals surface area (Å²) >= 11 is 0. The van der Waals surface area contributed by atoms with E-state index < -0.39 is 5.91 Å². The molecule has 0 saturated heterocycles. The van der Waals surface area contributed by atoms with Gasteiger partial charge < -0.3 is 10.3 Å². The van der Waals surface area contributed by atoms with Crippen molar-refractivity contribution in [3.8, 4) is 22.3 Å². The molecule has 0 fully saturated rings. The molecule has 130 valence electrons. The second-order valence-corrected chi connectivity index (χ2v) is 5.85. The predicted molar refractivity (Wildman–Crippen MR) is 97.6 cm³/mol. The first-order valence-corrected chi connectivity index (χ1v) is 7.77. The molecular weight excluding hydrogens is 332 g/mol. The Kier molecular flexibility index (Phi) is 3.68. The fraction of sp³-hybridized carbons (Fsp3) is 0. The second-order valence-electron chi connectivity index (χ2n) is 5.85. The number of amides is 1. The number of carbonyl (C=O) groups excluding carboxylic acids is 1. The summed E-state index contributed by atoms with van der Waals surface area (Å²) in [5, 5.41) is 1.45. The van der Waals surface area contributed by atoms with E-state index in [1.54, 1.807) is 37.1 Å². The number of benzene rings is 1. The normalized spacial score (nSPS) is 11.0. The summed E-state index contributed by atoms with van der Waals surface area (Å²) in [5.74, 6) is 16.1. The van der Waals surface area contributed by atoms with Crippen LogP contribution in [-0.4, -0.2) is 20.7 Å². The number of nitrogens with two attached hydrogens (primary N) is 3. The Bertz CT molecular complexity index is 1080. The van der Waals surface area contributed by atoms with Crippen molar-refractivity contribution in [1.29, 1.82) is 0 Å². The minimum atomic E-state index is -0.471.